The largest absolute Gasteiger partial charge is 0.447 e. The van der Waals surface area contributed by atoms with Crippen molar-refractivity contribution in [2.75, 3.05) is 7.05 Å². The zero-order chi connectivity index (χ0) is 13.9. The summed E-state index contributed by atoms with van der Waals surface area (Å²) in [6.45, 7) is 1.09. The predicted octanol–water partition coefficient (Wildman–Crippen LogP) is 0.211. The van der Waals surface area contributed by atoms with E-state index in [0.717, 1.165) is 5.56 Å². The lowest BCUT2D eigenvalue weighted by Crippen LogP contribution is -2.17. The van der Waals surface area contributed by atoms with E-state index in [1.165, 1.54) is 13.1 Å². The fourth-order valence-electron chi connectivity index (χ4n) is 1.59. The molecule has 2 rings (SSSR count). The molecule has 0 aliphatic carbocycles. The Kier molecular flexibility index (Phi) is 4.03. The summed E-state index contributed by atoms with van der Waals surface area (Å²) >= 11 is 0. The molecule has 2 aromatic rings. The molecule has 104 valence electrons. The molecular weight excluding hydrogens is 268 g/mol. The lowest BCUT2D eigenvalue weighted by molar-refractivity contribution is 0.400. The van der Waals surface area contributed by atoms with Gasteiger partial charge in [0, 0.05) is 25.4 Å². The minimum absolute atomic E-state index is 0.0758. The third kappa shape index (κ3) is 3.43. The Morgan fingerprint density at radius 1 is 1.37 bits per heavy atom. The molecule has 2 heterocycles. The van der Waals surface area contributed by atoms with Crippen LogP contribution >= 0.6 is 0 Å². The fourth-order valence-corrected chi connectivity index (χ4v) is 2.26. The molecular formula is C11H16N4O3S. The minimum Gasteiger partial charge on any atom is -0.447 e. The Labute approximate surface area is 111 Å². The molecule has 19 heavy (non-hydrogen) atoms. The number of rotatable bonds is 6. The normalized spacial score (nSPS) is 11.9. The first-order valence-corrected chi connectivity index (χ1v) is 7.20. The van der Waals surface area contributed by atoms with Gasteiger partial charge in [-0.1, -0.05) is 0 Å². The van der Waals surface area contributed by atoms with Gasteiger partial charge in [0.1, 0.15) is 5.76 Å². The van der Waals surface area contributed by atoms with Crippen LogP contribution in [-0.4, -0.2) is 25.2 Å². The second-order valence-electron chi connectivity index (χ2n) is 4.05. The summed E-state index contributed by atoms with van der Waals surface area (Å²) in [5.74, 6) is 0.567. The summed E-state index contributed by atoms with van der Waals surface area (Å²) in [6, 6.07) is 3.08. The molecule has 0 saturated heterocycles. The lowest BCUT2D eigenvalue weighted by atomic mass is 10.3. The van der Waals surface area contributed by atoms with Gasteiger partial charge >= 0.3 is 0 Å². The van der Waals surface area contributed by atoms with Crippen LogP contribution in [0.1, 0.15) is 11.3 Å². The van der Waals surface area contributed by atoms with E-state index < -0.39 is 10.0 Å². The van der Waals surface area contributed by atoms with Crippen LogP contribution in [0.5, 0.6) is 0 Å². The highest BCUT2D eigenvalue weighted by atomic mass is 32.2. The number of hydrogen-bond donors (Lipinski definition) is 2. The van der Waals surface area contributed by atoms with Gasteiger partial charge < -0.3 is 9.73 Å². The topological polar surface area (TPSA) is 89.2 Å². The van der Waals surface area contributed by atoms with Gasteiger partial charge in [-0.2, -0.15) is 5.10 Å². The van der Waals surface area contributed by atoms with Crippen LogP contribution in [0.25, 0.3) is 0 Å². The maximum atomic E-state index is 11.5. The van der Waals surface area contributed by atoms with Gasteiger partial charge in [-0.15, -0.1) is 0 Å². The van der Waals surface area contributed by atoms with E-state index >= 15 is 0 Å². The van der Waals surface area contributed by atoms with Gasteiger partial charge in [-0.25, -0.2) is 13.1 Å². The molecule has 0 aliphatic rings. The van der Waals surface area contributed by atoms with Gasteiger partial charge in [0.25, 0.3) is 10.0 Å². The zero-order valence-corrected chi connectivity index (χ0v) is 11.6. The maximum Gasteiger partial charge on any atom is 0.273 e. The van der Waals surface area contributed by atoms with Crippen LogP contribution in [0.2, 0.25) is 0 Å². The molecule has 8 heteroatoms. The van der Waals surface area contributed by atoms with Crippen LogP contribution < -0.4 is 10.0 Å². The van der Waals surface area contributed by atoms with E-state index in [2.05, 4.69) is 15.1 Å². The highest BCUT2D eigenvalue weighted by molar-refractivity contribution is 7.89. The molecule has 0 saturated carbocycles. The second-order valence-corrected chi connectivity index (χ2v) is 5.87. The van der Waals surface area contributed by atoms with Crippen molar-refractivity contribution in [2.24, 2.45) is 7.05 Å². The first-order valence-electron chi connectivity index (χ1n) is 5.72. The quantitative estimate of drug-likeness (QED) is 0.791. The van der Waals surface area contributed by atoms with Crippen molar-refractivity contribution < 1.29 is 12.8 Å². The summed E-state index contributed by atoms with van der Waals surface area (Å²) in [5, 5.41) is 7.13. The third-order valence-corrected chi connectivity index (χ3v) is 3.84. The van der Waals surface area contributed by atoms with Crippen LogP contribution in [0.4, 0.5) is 0 Å². The van der Waals surface area contributed by atoms with E-state index in [4.69, 9.17) is 4.42 Å². The SMILES string of the molecule is CNS(=O)(=O)c1ccc(CNCc2cnn(C)c2)o1. The van der Waals surface area contributed by atoms with Crippen LogP contribution in [-0.2, 0) is 30.2 Å². The standard InChI is InChI=1S/C11H16N4O3S/c1-12-19(16,17)11-4-3-10(18-11)7-13-5-9-6-14-15(2)8-9/h3-4,6,8,12-13H,5,7H2,1-2H3. The highest BCUT2D eigenvalue weighted by Gasteiger charge is 2.15. The molecule has 0 fully saturated rings. The average molecular weight is 284 g/mol. The molecule has 0 unspecified atom stereocenters. The van der Waals surface area contributed by atoms with E-state index in [1.54, 1.807) is 16.9 Å². The van der Waals surface area contributed by atoms with Gasteiger partial charge in [-0.05, 0) is 19.2 Å². The summed E-state index contributed by atoms with van der Waals surface area (Å²) in [7, 11) is -0.311. The van der Waals surface area contributed by atoms with Crippen molar-refractivity contribution in [3.63, 3.8) is 0 Å². The Hall–Kier alpha value is -1.64. The number of sulfonamides is 1. The monoisotopic (exact) mass is 284 g/mol. The molecule has 0 bridgehead atoms. The molecule has 0 radical (unpaired) electrons. The number of aryl methyl sites for hydroxylation is 1. The van der Waals surface area contributed by atoms with Crippen molar-refractivity contribution in [2.45, 2.75) is 18.2 Å². The van der Waals surface area contributed by atoms with E-state index in [1.807, 2.05) is 13.2 Å². The van der Waals surface area contributed by atoms with Crippen molar-refractivity contribution in [1.29, 1.82) is 0 Å². The summed E-state index contributed by atoms with van der Waals surface area (Å²) in [5.41, 5.74) is 1.05. The maximum absolute atomic E-state index is 11.5. The summed E-state index contributed by atoms with van der Waals surface area (Å²) in [4.78, 5) is 0. The molecule has 0 spiro atoms. The Morgan fingerprint density at radius 3 is 2.79 bits per heavy atom. The molecule has 2 aromatic heterocycles. The Balaban J connectivity index is 1.90. The van der Waals surface area contributed by atoms with Gasteiger partial charge in [0.05, 0.1) is 12.7 Å². The molecule has 0 aromatic carbocycles. The van der Waals surface area contributed by atoms with Crippen LogP contribution in [0.15, 0.2) is 34.0 Å². The average Bonchev–Trinajstić information content (AvgIpc) is 2.99. The number of nitrogens with one attached hydrogen (secondary N) is 2. The van der Waals surface area contributed by atoms with Gasteiger partial charge in [-0.3, -0.25) is 4.68 Å². The molecule has 7 nitrogen and oxygen atoms in total. The van der Waals surface area contributed by atoms with E-state index in [0.29, 0.717) is 18.8 Å². The predicted molar refractivity (Wildman–Crippen MR) is 68.7 cm³/mol. The number of nitrogens with zero attached hydrogens (tertiary/aromatic N) is 2. The molecule has 2 N–H and O–H groups in total. The lowest BCUT2D eigenvalue weighted by Gasteiger charge is -2.00. The number of aromatic nitrogens is 2. The number of hydrogen-bond acceptors (Lipinski definition) is 5. The van der Waals surface area contributed by atoms with Crippen molar-refractivity contribution in [1.82, 2.24) is 19.8 Å². The Bertz CT molecular complexity index is 644. The summed E-state index contributed by atoms with van der Waals surface area (Å²) in [6.07, 6.45) is 3.68. The van der Waals surface area contributed by atoms with Crippen molar-refractivity contribution in [3.05, 3.63) is 35.9 Å². The minimum atomic E-state index is -3.51. The van der Waals surface area contributed by atoms with Gasteiger partial charge in [0.2, 0.25) is 5.09 Å². The second kappa shape index (κ2) is 5.55. The molecule has 0 amide bonds. The van der Waals surface area contributed by atoms with Crippen LogP contribution in [0.3, 0.4) is 0 Å². The molecule has 0 atom stereocenters. The fraction of sp³-hybridized carbons (Fsp3) is 0.364. The zero-order valence-electron chi connectivity index (χ0n) is 10.8. The first-order chi connectivity index (χ1) is 9.01. The molecule has 0 aliphatic heterocycles. The van der Waals surface area contributed by atoms with Gasteiger partial charge in [0.15, 0.2) is 0 Å². The third-order valence-electron chi connectivity index (χ3n) is 2.56. The van der Waals surface area contributed by atoms with E-state index in [-0.39, 0.29) is 5.09 Å². The first kappa shape index (κ1) is 13.8. The summed E-state index contributed by atoms with van der Waals surface area (Å²) < 4.78 is 32.1. The van der Waals surface area contributed by atoms with Crippen LogP contribution in [0, 0.1) is 0 Å². The Morgan fingerprint density at radius 2 is 2.16 bits per heavy atom. The van der Waals surface area contributed by atoms with Crippen molar-refractivity contribution in [3.8, 4) is 0 Å². The van der Waals surface area contributed by atoms with E-state index in [9.17, 15) is 8.42 Å². The smallest absolute Gasteiger partial charge is 0.273 e. The van der Waals surface area contributed by atoms with Crippen molar-refractivity contribution >= 4 is 10.0 Å². The number of furan rings is 1. The highest BCUT2D eigenvalue weighted by Crippen LogP contribution is 2.13.